The summed E-state index contributed by atoms with van der Waals surface area (Å²) in [4.78, 5) is 12.1. The van der Waals surface area contributed by atoms with Crippen LogP contribution in [-0.2, 0) is 4.79 Å². The molecule has 0 aliphatic carbocycles. The monoisotopic (exact) mass is 393 g/mol. The lowest BCUT2D eigenvalue weighted by Gasteiger charge is -2.07. The van der Waals surface area contributed by atoms with Crippen molar-refractivity contribution in [3.8, 4) is 11.5 Å². The summed E-state index contributed by atoms with van der Waals surface area (Å²) in [5.41, 5.74) is 2.39. The van der Waals surface area contributed by atoms with E-state index in [1.54, 1.807) is 42.5 Å². The molecule has 3 rings (SSSR count). The van der Waals surface area contributed by atoms with Gasteiger partial charge in [0.25, 0.3) is 5.22 Å². The Kier molecular flexibility index (Phi) is 5.63. The zero-order chi connectivity index (χ0) is 17.8. The number of carbonyl (C=O) groups is 1. The maximum absolute atomic E-state index is 12.1. The van der Waals surface area contributed by atoms with Crippen molar-refractivity contribution in [1.29, 1.82) is 0 Å². The second-order valence-electron chi connectivity index (χ2n) is 5.18. The summed E-state index contributed by atoms with van der Waals surface area (Å²) in [5, 5.41) is 12.3. The molecule has 0 unspecified atom stereocenters. The van der Waals surface area contributed by atoms with Crippen molar-refractivity contribution >= 4 is 46.6 Å². The molecular weight excluding hydrogens is 381 g/mol. The number of carbonyl (C=O) groups excluding carboxylic acids is 1. The van der Waals surface area contributed by atoms with Gasteiger partial charge >= 0.3 is 0 Å². The number of halogens is 2. The number of aryl methyl sites for hydroxylation is 1. The minimum absolute atomic E-state index is 0.157. The third kappa shape index (κ3) is 4.75. The van der Waals surface area contributed by atoms with Gasteiger partial charge in [-0.2, -0.15) is 0 Å². The Balaban J connectivity index is 1.58. The largest absolute Gasteiger partial charge is 0.411 e. The van der Waals surface area contributed by atoms with E-state index < -0.39 is 0 Å². The Morgan fingerprint density at radius 2 is 1.84 bits per heavy atom. The first-order valence-electron chi connectivity index (χ1n) is 7.29. The number of amides is 1. The fraction of sp³-hybridized carbons (Fsp3) is 0.118. The predicted molar refractivity (Wildman–Crippen MR) is 100 cm³/mol. The fourth-order valence-corrected chi connectivity index (χ4v) is 2.97. The number of rotatable bonds is 5. The molecule has 1 aromatic heterocycles. The minimum Gasteiger partial charge on any atom is -0.411 e. The standard InChI is InChI=1S/C17H13Cl2N3O2S/c1-10-8-13(19)6-7-14(10)20-15(23)9-25-17-22-21-16(24-17)11-2-4-12(18)5-3-11/h2-8H,9H2,1H3,(H,20,23). The van der Waals surface area contributed by atoms with Crippen LogP contribution in [0.4, 0.5) is 5.69 Å². The van der Waals surface area contributed by atoms with E-state index in [9.17, 15) is 4.79 Å². The maximum atomic E-state index is 12.1. The van der Waals surface area contributed by atoms with E-state index in [-0.39, 0.29) is 11.7 Å². The number of nitrogens with one attached hydrogen (secondary N) is 1. The van der Waals surface area contributed by atoms with Crippen LogP contribution >= 0.6 is 35.0 Å². The van der Waals surface area contributed by atoms with Crippen LogP contribution in [0.15, 0.2) is 52.1 Å². The van der Waals surface area contributed by atoms with Crippen molar-refractivity contribution in [3.63, 3.8) is 0 Å². The minimum atomic E-state index is -0.165. The molecule has 0 bridgehead atoms. The zero-order valence-electron chi connectivity index (χ0n) is 13.1. The SMILES string of the molecule is Cc1cc(Cl)ccc1NC(=O)CSc1nnc(-c2ccc(Cl)cc2)o1. The van der Waals surface area contributed by atoms with E-state index in [0.29, 0.717) is 21.2 Å². The summed E-state index contributed by atoms with van der Waals surface area (Å²) in [7, 11) is 0. The maximum Gasteiger partial charge on any atom is 0.277 e. The Bertz CT molecular complexity index is 897. The first-order chi connectivity index (χ1) is 12.0. The van der Waals surface area contributed by atoms with Crippen LogP contribution in [0.2, 0.25) is 10.0 Å². The van der Waals surface area contributed by atoms with Crippen molar-refractivity contribution < 1.29 is 9.21 Å². The first-order valence-corrected chi connectivity index (χ1v) is 9.03. The van der Waals surface area contributed by atoms with Crippen LogP contribution in [0.3, 0.4) is 0 Å². The highest BCUT2D eigenvalue weighted by Gasteiger charge is 2.12. The second-order valence-corrected chi connectivity index (χ2v) is 6.98. The number of aromatic nitrogens is 2. The lowest BCUT2D eigenvalue weighted by molar-refractivity contribution is -0.113. The molecule has 8 heteroatoms. The zero-order valence-corrected chi connectivity index (χ0v) is 15.5. The molecule has 0 radical (unpaired) electrons. The average molecular weight is 394 g/mol. The Labute approximate surface area is 158 Å². The van der Waals surface area contributed by atoms with Crippen LogP contribution in [-0.4, -0.2) is 21.9 Å². The van der Waals surface area contributed by atoms with Crippen molar-refractivity contribution in [2.75, 3.05) is 11.1 Å². The lowest BCUT2D eigenvalue weighted by Crippen LogP contribution is -2.14. The molecule has 0 fully saturated rings. The van der Waals surface area contributed by atoms with Crippen LogP contribution in [0.1, 0.15) is 5.56 Å². The normalized spacial score (nSPS) is 10.7. The second kappa shape index (κ2) is 7.91. The number of anilines is 1. The topological polar surface area (TPSA) is 68.0 Å². The van der Waals surface area contributed by atoms with E-state index in [2.05, 4.69) is 15.5 Å². The van der Waals surface area contributed by atoms with Crippen LogP contribution in [0, 0.1) is 6.92 Å². The van der Waals surface area contributed by atoms with Gasteiger partial charge in [0, 0.05) is 21.3 Å². The molecule has 0 aliphatic rings. The molecule has 3 aromatic rings. The molecule has 1 amide bonds. The Hall–Kier alpha value is -2.02. The molecule has 1 heterocycles. The Morgan fingerprint density at radius 3 is 2.56 bits per heavy atom. The van der Waals surface area contributed by atoms with Crippen LogP contribution in [0.25, 0.3) is 11.5 Å². The third-order valence-corrected chi connectivity index (χ3v) is 4.59. The molecule has 25 heavy (non-hydrogen) atoms. The first kappa shape index (κ1) is 17.8. The van der Waals surface area contributed by atoms with E-state index in [1.165, 1.54) is 11.8 Å². The van der Waals surface area contributed by atoms with Crippen molar-refractivity contribution in [1.82, 2.24) is 10.2 Å². The number of thioether (sulfide) groups is 1. The smallest absolute Gasteiger partial charge is 0.277 e. The van der Waals surface area contributed by atoms with Gasteiger partial charge in [-0.1, -0.05) is 35.0 Å². The number of hydrogen-bond donors (Lipinski definition) is 1. The highest BCUT2D eigenvalue weighted by molar-refractivity contribution is 7.99. The number of hydrogen-bond acceptors (Lipinski definition) is 5. The third-order valence-electron chi connectivity index (χ3n) is 3.29. The van der Waals surface area contributed by atoms with Gasteiger partial charge in [0.2, 0.25) is 11.8 Å². The molecule has 0 spiro atoms. The van der Waals surface area contributed by atoms with E-state index in [1.807, 2.05) is 6.92 Å². The molecule has 0 atom stereocenters. The average Bonchev–Trinajstić information content (AvgIpc) is 3.05. The molecule has 2 aromatic carbocycles. The van der Waals surface area contributed by atoms with E-state index in [0.717, 1.165) is 16.8 Å². The molecule has 5 nitrogen and oxygen atoms in total. The highest BCUT2D eigenvalue weighted by atomic mass is 35.5. The number of benzene rings is 2. The Morgan fingerprint density at radius 1 is 1.12 bits per heavy atom. The fourth-order valence-electron chi connectivity index (χ4n) is 2.06. The van der Waals surface area contributed by atoms with Crippen molar-refractivity contribution in [2.24, 2.45) is 0 Å². The molecular formula is C17H13Cl2N3O2S. The quantitative estimate of drug-likeness (QED) is 0.611. The van der Waals surface area contributed by atoms with Gasteiger partial charge in [0.05, 0.1) is 5.75 Å². The van der Waals surface area contributed by atoms with Crippen molar-refractivity contribution in [3.05, 3.63) is 58.1 Å². The summed E-state index contributed by atoms with van der Waals surface area (Å²) in [5.74, 6) is 0.374. The summed E-state index contributed by atoms with van der Waals surface area (Å²) in [6.07, 6.45) is 0. The van der Waals surface area contributed by atoms with E-state index >= 15 is 0 Å². The molecule has 1 N–H and O–H groups in total. The molecule has 0 saturated carbocycles. The predicted octanol–water partition coefficient (Wildman–Crippen LogP) is 5.08. The summed E-state index contributed by atoms with van der Waals surface area (Å²) < 4.78 is 5.55. The van der Waals surface area contributed by atoms with Crippen molar-refractivity contribution in [2.45, 2.75) is 12.1 Å². The highest BCUT2D eigenvalue weighted by Crippen LogP contribution is 2.25. The molecule has 0 saturated heterocycles. The van der Waals surface area contributed by atoms with Crippen LogP contribution in [0.5, 0.6) is 0 Å². The van der Waals surface area contributed by atoms with Gasteiger partial charge in [0.1, 0.15) is 0 Å². The van der Waals surface area contributed by atoms with Gasteiger partial charge in [-0.3, -0.25) is 4.79 Å². The molecule has 0 aliphatic heterocycles. The van der Waals surface area contributed by atoms with Gasteiger partial charge < -0.3 is 9.73 Å². The van der Waals surface area contributed by atoms with Crippen LogP contribution < -0.4 is 5.32 Å². The lowest BCUT2D eigenvalue weighted by atomic mass is 10.2. The molecule has 128 valence electrons. The summed E-state index contributed by atoms with van der Waals surface area (Å²) in [6, 6.07) is 12.4. The van der Waals surface area contributed by atoms with Gasteiger partial charge in [0.15, 0.2) is 0 Å². The summed E-state index contributed by atoms with van der Waals surface area (Å²) in [6.45, 7) is 1.88. The van der Waals surface area contributed by atoms with Gasteiger partial charge in [-0.05, 0) is 55.0 Å². The number of nitrogens with zero attached hydrogens (tertiary/aromatic N) is 2. The van der Waals surface area contributed by atoms with Gasteiger partial charge in [-0.15, -0.1) is 10.2 Å². The van der Waals surface area contributed by atoms with E-state index in [4.69, 9.17) is 27.6 Å². The van der Waals surface area contributed by atoms with Gasteiger partial charge in [-0.25, -0.2) is 0 Å². The summed E-state index contributed by atoms with van der Waals surface area (Å²) >= 11 is 12.9.